The topological polar surface area (TPSA) is 21.3 Å². The van der Waals surface area contributed by atoms with Gasteiger partial charge in [-0.2, -0.15) is 0 Å². The molecular weight excluding hydrogens is 236 g/mol. The minimum Gasteiger partial charge on any atom is -0.496 e. The van der Waals surface area contributed by atoms with Crippen molar-refractivity contribution in [3.05, 3.63) is 29.3 Å². The number of benzene rings is 1. The molecule has 1 heterocycles. The summed E-state index contributed by atoms with van der Waals surface area (Å²) in [6.07, 6.45) is 1.97. The van der Waals surface area contributed by atoms with Crippen LogP contribution in [0.5, 0.6) is 5.75 Å². The quantitative estimate of drug-likeness (QED) is 0.895. The number of hydrogen-bond acceptors (Lipinski definition) is 2. The molecule has 0 aliphatic carbocycles. The van der Waals surface area contributed by atoms with E-state index in [0.29, 0.717) is 5.56 Å². The van der Waals surface area contributed by atoms with Gasteiger partial charge in [-0.05, 0) is 36.9 Å². The summed E-state index contributed by atoms with van der Waals surface area (Å²) < 4.78 is 32.7. The summed E-state index contributed by atoms with van der Waals surface area (Å²) in [5.74, 6) is -2.44. The van der Waals surface area contributed by atoms with E-state index in [4.69, 9.17) is 4.74 Å². The SMILES string of the molecule is COc1cccc(C2CCCNC2)c1C(C)(F)F. The van der Waals surface area contributed by atoms with Crippen LogP contribution in [-0.4, -0.2) is 20.2 Å². The average Bonchev–Trinajstić information content (AvgIpc) is 2.38. The number of methoxy groups -OCH3 is 1. The maximum Gasteiger partial charge on any atom is 0.274 e. The summed E-state index contributed by atoms with van der Waals surface area (Å²) in [4.78, 5) is 0. The molecular formula is C14H19F2NO. The van der Waals surface area contributed by atoms with Gasteiger partial charge < -0.3 is 10.1 Å². The van der Waals surface area contributed by atoms with E-state index in [9.17, 15) is 8.78 Å². The highest BCUT2D eigenvalue weighted by Crippen LogP contribution is 2.41. The zero-order valence-corrected chi connectivity index (χ0v) is 10.8. The predicted octanol–water partition coefficient (Wildman–Crippen LogP) is 3.27. The van der Waals surface area contributed by atoms with Crippen molar-refractivity contribution in [1.82, 2.24) is 5.32 Å². The molecule has 1 unspecified atom stereocenters. The summed E-state index contributed by atoms with van der Waals surface area (Å²) in [7, 11) is 1.44. The molecule has 2 nitrogen and oxygen atoms in total. The number of hydrogen-bond donors (Lipinski definition) is 1. The van der Waals surface area contributed by atoms with E-state index in [-0.39, 0.29) is 17.2 Å². The van der Waals surface area contributed by atoms with E-state index in [1.165, 1.54) is 7.11 Å². The van der Waals surface area contributed by atoms with Gasteiger partial charge in [0.15, 0.2) is 0 Å². The van der Waals surface area contributed by atoms with Crippen LogP contribution in [0, 0.1) is 0 Å². The molecule has 4 heteroatoms. The van der Waals surface area contributed by atoms with Crippen LogP contribution in [0.4, 0.5) is 8.78 Å². The highest BCUT2D eigenvalue weighted by Gasteiger charge is 2.34. The number of piperidine rings is 1. The van der Waals surface area contributed by atoms with Crippen LogP contribution in [0.1, 0.15) is 36.8 Å². The third-order valence-corrected chi connectivity index (χ3v) is 3.45. The average molecular weight is 255 g/mol. The fraction of sp³-hybridized carbons (Fsp3) is 0.571. The lowest BCUT2D eigenvalue weighted by molar-refractivity contribution is 0.0136. The highest BCUT2D eigenvalue weighted by atomic mass is 19.3. The van der Waals surface area contributed by atoms with Crippen LogP contribution in [0.25, 0.3) is 0 Å². The van der Waals surface area contributed by atoms with Gasteiger partial charge in [-0.25, -0.2) is 8.78 Å². The van der Waals surface area contributed by atoms with Crippen molar-refractivity contribution < 1.29 is 13.5 Å². The second-order valence-corrected chi connectivity index (χ2v) is 4.86. The van der Waals surface area contributed by atoms with Gasteiger partial charge in [0.1, 0.15) is 5.75 Å². The summed E-state index contributed by atoms with van der Waals surface area (Å²) in [6.45, 7) is 2.67. The molecule has 0 bridgehead atoms. The second kappa shape index (κ2) is 5.22. The van der Waals surface area contributed by atoms with Crippen LogP contribution >= 0.6 is 0 Å². The first-order valence-corrected chi connectivity index (χ1v) is 6.30. The Balaban J connectivity index is 2.45. The number of rotatable bonds is 3. The van der Waals surface area contributed by atoms with Crippen LogP contribution < -0.4 is 10.1 Å². The zero-order chi connectivity index (χ0) is 13.2. The Kier molecular flexibility index (Phi) is 3.85. The fourth-order valence-corrected chi connectivity index (χ4v) is 2.65. The van der Waals surface area contributed by atoms with Crippen molar-refractivity contribution in [1.29, 1.82) is 0 Å². The Labute approximate surface area is 106 Å². The molecule has 2 rings (SSSR count). The number of ether oxygens (including phenoxy) is 1. The predicted molar refractivity (Wildman–Crippen MR) is 67.4 cm³/mol. The summed E-state index contributed by atoms with van der Waals surface area (Å²) >= 11 is 0. The Morgan fingerprint density at radius 1 is 1.39 bits per heavy atom. The fourth-order valence-electron chi connectivity index (χ4n) is 2.65. The van der Waals surface area contributed by atoms with Gasteiger partial charge in [0, 0.05) is 13.5 Å². The monoisotopic (exact) mass is 255 g/mol. The van der Waals surface area contributed by atoms with Crippen molar-refractivity contribution in [3.8, 4) is 5.75 Å². The summed E-state index contributed by atoms with van der Waals surface area (Å²) in [5.41, 5.74) is 0.759. The number of alkyl halides is 2. The molecule has 0 radical (unpaired) electrons. The van der Waals surface area contributed by atoms with Crippen LogP contribution in [0.3, 0.4) is 0 Å². The molecule has 1 aliphatic heterocycles. The molecule has 0 spiro atoms. The van der Waals surface area contributed by atoms with Gasteiger partial charge in [0.05, 0.1) is 12.7 Å². The molecule has 1 fully saturated rings. The molecule has 1 saturated heterocycles. The van der Waals surface area contributed by atoms with E-state index in [0.717, 1.165) is 32.9 Å². The van der Waals surface area contributed by atoms with Gasteiger partial charge in [-0.3, -0.25) is 0 Å². The first kappa shape index (κ1) is 13.3. The van der Waals surface area contributed by atoms with Gasteiger partial charge in [0.2, 0.25) is 0 Å². The Morgan fingerprint density at radius 3 is 2.72 bits per heavy atom. The van der Waals surface area contributed by atoms with Crippen molar-refractivity contribution in [2.45, 2.75) is 31.6 Å². The normalized spacial score (nSPS) is 20.8. The lowest BCUT2D eigenvalue weighted by atomic mass is 9.86. The maximum absolute atomic E-state index is 13.8. The molecule has 18 heavy (non-hydrogen) atoms. The highest BCUT2D eigenvalue weighted by molar-refractivity contribution is 5.45. The van der Waals surface area contributed by atoms with Gasteiger partial charge in [0.25, 0.3) is 5.92 Å². The molecule has 0 amide bonds. The smallest absolute Gasteiger partial charge is 0.274 e. The third-order valence-electron chi connectivity index (χ3n) is 3.45. The maximum atomic E-state index is 13.8. The Hall–Kier alpha value is -1.16. The Morgan fingerprint density at radius 2 is 2.17 bits per heavy atom. The summed E-state index contributed by atoms with van der Waals surface area (Å²) in [6, 6.07) is 5.19. The van der Waals surface area contributed by atoms with Gasteiger partial charge in [-0.15, -0.1) is 0 Å². The van der Waals surface area contributed by atoms with Crippen LogP contribution in [0.15, 0.2) is 18.2 Å². The molecule has 1 atom stereocenters. The molecule has 1 aliphatic rings. The molecule has 0 saturated carbocycles. The van der Waals surface area contributed by atoms with Crippen molar-refractivity contribution in [2.75, 3.05) is 20.2 Å². The standard InChI is InChI=1S/C14H19F2NO/c1-14(15,16)13-11(6-3-7-12(13)18-2)10-5-4-8-17-9-10/h3,6-7,10,17H,4-5,8-9H2,1-2H3. The third kappa shape index (κ3) is 2.64. The van der Waals surface area contributed by atoms with E-state index in [1.54, 1.807) is 18.2 Å². The van der Waals surface area contributed by atoms with E-state index in [2.05, 4.69) is 5.32 Å². The van der Waals surface area contributed by atoms with E-state index < -0.39 is 5.92 Å². The molecule has 0 aromatic heterocycles. The van der Waals surface area contributed by atoms with E-state index >= 15 is 0 Å². The lowest BCUT2D eigenvalue weighted by Gasteiger charge is -2.28. The van der Waals surface area contributed by atoms with Crippen molar-refractivity contribution in [2.24, 2.45) is 0 Å². The lowest BCUT2D eigenvalue weighted by Crippen LogP contribution is -2.30. The first-order valence-electron chi connectivity index (χ1n) is 6.30. The van der Waals surface area contributed by atoms with Gasteiger partial charge >= 0.3 is 0 Å². The first-order chi connectivity index (χ1) is 8.54. The minimum atomic E-state index is -2.88. The second-order valence-electron chi connectivity index (χ2n) is 4.86. The van der Waals surface area contributed by atoms with Crippen LogP contribution in [0.2, 0.25) is 0 Å². The summed E-state index contributed by atoms with van der Waals surface area (Å²) in [5, 5.41) is 3.26. The van der Waals surface area contributed by atoms with Crippen LogP contribution in [-0.2, 0) is 5.92 Å². The minimum absolute atomic E-state index is 0.0428. The Bertz CT molecular complexity index is 409. The molecule has 100 valence electrons. The van der Waals surface area contributed by atoms with E-state index in [1.807, 2.05) is 0 Å². The number of halogens is 2. The molecule has 1 aromatic carbocycles. The molecule has 1 aromatic rings. The van der Waals surface area contributed by atoms with Crippen molar-refractivity contribution >= 4 is 0 Å². The van der Waals surface area contributed by atoms with Crippen molar-refractivity contribution in [3.63, 3.8) is 0 Å². The largest absolute Gasteiger partial charge is 0.496 e. The zero-order valence-electron chi connectivity index (χ0n) is 10.8. The van der Waals surface area contributed by atoms with Gasteiger partial charge in [-0.1, -0.05) is 12.1 Å². The number of nitrogens with one attached hydrogen (secondary N) is 1. The molecule has 1 N–H and O–H groups in total.